The Morgan fingerprint density at radius 2 is 1.54 bits per heavy atom. The molecule has 142 valence electrons. The summed E-state index contributed by atoms with van der Waals surface area (Å²) < 4.78 is 0. The number of rotatable bonds is 7. The molecule has 0 fully saturated rings. The van der Waals surface area contributed by atoms with Crippen LogP contribution in [0, 0.1) is 0 Å². The van der Waals surface area contributed by atoms with Gasteiger partial charge in [-0.3, -0.25) is 9.78 Å². The summed E-state index contributed by atoms with van der Waals surface area (Å²) in [6.07, 6.45) is 3.52. The van der Waals surface area contributed by atoms with Gasteiger partial charge in [0, 0.05) is 35.2 Å². The van der Waals surface area contributed by atoms with E-state index in [-0.39, 0.29) is 11.9 Å². The van der Waals surface area contributed by atoms with Crippen molar-refractivity contribution in [1.29, 1.82) is 0 Å². The van der Waals surface area contributed by atoms with Crippen molar-refractivity contribution in [3.63, 3.8) is 0 Å². The molecule has 0 atom stereocenters. The number of aromatic nitrogens is 1. The molecule has 0 unspecified atom stereocenters. The highest BCUT2D eigenvalue weighted by atomic mass is 32.2. The van der Waals surface area contributed by atoms with Gasteiger partial charge < -0.3 is 16.0 Å². The molecule has 0 saturated carbocycles. The van der Waals surface area contributed by atoms with Gasteiger partial charge in [0.15, 0.2) is 0 Å². The molecular formula is C21H20N4O2S. The van der Waals surface area contributed by atoms with Crippen LogP contribution in [0.1, 0.15) is 5.56 Å². The molecular weight excluding hydrogens is 372 g/mol. The van der Waals surface area contributed by atoms with Crippen LogP contribution in [-0.4, -0.2) is 22.7 Å². The third kappa shape index (κ3) is 6.44. The van der Waals surface area contributed by atoms with Gasteiger partial charge in [-0.25, -0.2) is 4.79 Å². The van der Waals surface area contributed by atoms with Gasteiger partial charge in [-0.05, 0) is 42.0 Å². The van der Waals surface area contributed by atoms with Crippen molar-refractivity contribution in [3.8, 4) is 0 Å². The highest BCUT2D eigenvalue weighted by molar-refractivity contribution is 7.99. The molecule has 0 saturated heterocycles. The van der Waals surface area contributed by atoms with E-state index in [2.05, 4.69) is 20.9 Å². The number of carbonyl (C=O) groups excluding carboxylic acids is 2. The standard InChI is InChI=1S/C21H20N4O2S/c26-20(15-28-14-16-6-5-11-22-13-16)23-18-9-4-10-19(12-18)25-21(27)24-17-7-2-1-3-8-17/h1-13H,14-15H2,(H,23,26)(H2,24,25,27). The van der Waals surface area contributed by atoms with E-state index < -0.39 is 0 Å². The van der Waals surface area contributed by atoms with E-state index in [1.807, 2.05) is 30.3 Å². The summed E-state index contributed by atoms with van der Waals surface area (Å²) in [6, 6.07) is 19.7. The Hall–Kier alpha value is -3.32. The van der Waals surface area contributed by atoms with Crippen LogP contribution >= 0.6 is 11.8 Å². The molecule has 3 rings (SSSR count). The Kier molecular flexibility index (Phi) is 7.03. The molecule has 3 N–H and O–H groups in total. The zero-order valence-corrected chi connectivity index (χ0v) is 15.9. The van der Waals surface area contributed by atoms with Gasteiger partial charge in [0.05, 0.1) is 5.75 Å². The van der Waals surface area contributed by atoms with E-state index >= 15 is 0 Å². The molecule has 7 heteroatoms. The Balaban J connectivity index is 1.47. The van der Waals surface area contributed by atoms with Crippen LogP contribution in [0.4, 0.5) is 21.9 Å². The van der Waals surface area contributed by atoms with E-state index in [1.54, 1.807) is 48.8 Å². The molecule has 28 heavy (non-hydrogen) atoms. The maximum Gasteiger partial charge on any atom is 0.323 e. The molecule has 0 aliphatic carbocycles. The summed E-state index contributed by atoms with van der Waals surface area (Å²) in [6.45, 7) is 0. The Labute approximate surface area is 167 Å². The van der Waals surface area contributed by atoms with Gasteiger partial charge in [0.1, 0.15) is 0 Å². The van der Waals surface area contributed by atoms with E-state index in [0.29, 0.717) is 22.8 Å². The molecule has 0 aliphatic rings. The van der Waals surface area contributed by atoms with Crippen molar-refractivity contribution in [3.05, 3.63) is 84.7 Å². The van der Waals surface area contributed by atoms with Gasteiger partial charge in [0.2, 0.25) is 5.91 Å². The molecule has 6 nitrogen and oxygen atoms in total. The third-order valence-corrected chi connectivity index (χ3v) is 4.66. The van der Waals surface area contributed by atoms with E-state index in [0.717, 1.165) is 11.3 Å². The molecule has 0 aliphatic heterocycles. The van der Waals surface area contributed by atoms with Crippen LogP contribution in [0.15, 0.2) is 79.1 Å². The Morgan fingerprint density at radius 1 is 0.821 bits per heavy atom. The minimum Gasteiger partial charge on any atom is -0.325 e. The Morgan fingerprint density at radius 3 is 2.29 bits per heavy atom. The van der Waals surface area contributed by atoms with Crippen LogP contribution in [-0.2, 0) is 10.5 Å². The van der Waals surface area contributed by atoms with Gasteiger partial charge in [0.25, 0.3) is 0 Å². The highest BCUT2D eigenvalue weighted by Gasteiger charge is 2.06. The molecule has 1 aromatic heterocycles. The molecule has 3 amide bonds. The minimum absolute atomic E-state index is 0.0974. The first kappa shape index (κ1) is 19.4. The lowest BCUT2D eigenvalue weighted by Crippen LogP contribution is -2.19. The van der Waals surface area contributed by atoms with E-state index in [1.165, 1.54) is 11.8 Å². The van der Waals surface area contributed by atoms with Gasteiger partial charge in [-0.1, -0.05) is 30.3 Å². The molecule has 0 bridgehead atoms. The molecule has 2 aromatic carbocycles. The lowest BCUT2D eigenvalue weighted by atomic mass is 10.2. The lowest BCUT2D eigenvalue weighted by molar-refractivity contribution is -0.113. The van der Waals surface area contributed by atoms with Crippen LogP contribution in [0.2, 0.25) is 0 Å². The first-order valence-electron chi connectivity index (χ1n) is 8.69. The van der Waals surface area contributed by atoms with Crippen molar-refractivity contribution in [2.45, 2.75) is 5.75 Å². The van der Waals surface area contributed by atoms with Gasteiger partial charge in [-0.2, -0.15) is 0 Å². The average molecular weight is 392 g/mol. The highest BCUT2D eigenvalue weighted by Crippen LogP contribution is 2.17. The number of thioether (sulfide) groups is 1. The molecule has 1 heterocycles. The summed E-state index contributed by atoms with van der Waals surface area (Å²) in [5, 5.41) is 8.35. The summed E-state index contributed by atoms with van der Waals surface area (Å²) in [7, 11) is 0. The summed E-state index contributed by atoms with van der Waals surface area (Å²) in [5.74, 6) is 0.962. The van der Waals surface area contributed by atoms with E-state index in [9.17, 15) is 9.59 Å². The van der Waals surface area contributed by atoms with Crippen molar-refractivity contribution < 1.29 is 9.59 Å². The van der Waals surface area contributed by atoms with Gasteiger partial charge in [-0.15, -0.1) is 11.8 Å². The number of pyridine rings is 1. The maximum atomic E-state index is 12.1. The number of benzene rings is 2. The quantitative estimate of drug-likeness (QED) is 0.549. The molecule has 3 aromatic rings. The second-order valence-electron chi connectivity index (χ2n) is 5.93. The number of hydrogen-bond donors (Lipinski definition) is 3. The predicted molar refractivity (Wildman–Crippen MR) is 115 cm³/mol. The number of nitrogens with one attached hydrogen (secondary N) is 3. The summed E-state index contributed by atoms with van der Waals surface area (Å²) in [4.78, 5) is 28.3. The number of hydrogen-bond acceptors (Lipinski definition) is 4. The first-order valence-corrected chi connectivity index (χ1v) is 9.84. The fourth-order valence-corrected chi connectivity index (χ4v) is 3.20. The zero-order valence-electron chi connectivity index (χ0n) is 15.1. The fraction of sp³-hybridized carbons (Fsp3) is 0.0952. The van der Waals surface area contributed by atoms with Gasteiger partial charge >= 0.3 is 6.03 Å². The fourth-order valence-electron chi connectivity index (χ4n) is 2.43. The number of para-hydroxylation sites is 1. The Bertz CT molecular complexity index is 920. The SMILES string of the molecule is O=C(CSCc1cccnc1)Nc1cccc(NC(=O)Nc2ccccc2)c1. The van der Waals surface area contributed by atoms with Crippen molar-refractivity contribution in [2.75, 3.05) is 21.7 Å². The van der Waals surface area contributed by atoms with Crippen LogP contribution < -0.4 is 16.0 Å². The third-order valence-electron chi connectivity index (χ3n) is 3.66. The first-order chi connectivity index (χ1) is 13.7. The zero-order chi connectivity index (χ0) is 19.6. The number of amides is 3. The van der Waals surface area contributed by atoms with Crippen molar-refractivity contribution >= 4 is 40.8 Å². The summed E-state index contributed by atoms with van der Waals surface area (Å²) in [5.41, 5.74) is 3.00. The topological polar surface area (TPSA) is 83.1 Å². The maximum absolute atomic E-state index is 12.1. The van der Waals surface area contributed by atoms with Crippen molar-refractivity contribution in [1.82, 2.24) is 4.98 Å². The summed E-state index contributed by atoms with van der Waals surface area (Å²) >= 11 is 1.52. The predicted octanol–water partition coefficient (Wildman–Crippen LogP) is 4.60. The van der Waals surface area contributed by atoms with Crippen LogP contribution in [0.3, 0.4) is 0 Å². The van der Waals surface area contributed by atoms with Crippen LogP contribution in [0.25, 0.3) is 0 Å². The second kappa shape index (κ2) is 10.1. The number of carbonyl (C=O) groups is 2. The minimum atomic E-state index is -0.346. The lowest BCUT2D eigenvalue weighted by Gasteiger charge is -2.10. The molecule has 0 spiro atoms. The van der Waals surface area contributed by atoms with E-state index in [4.69, 9.17) is 0 Å². The number of anilines is 3. The number of urea groups is 1. The number of nitrogens with zero attached hydrogens (tertiary/aromatic N) is 1. The smallest absolute Gasteiger partial charge is 0.323 e. The second-order valence-corrected chi connectivity index (χ2v) is 6.91. The monoisotopic (exact) mass is 392 g/mol. The van der Waals surface area contributed by atoms with Crippen LogP contribution in [0.5, 0.6) is 0 Å². The average Bonchev–Trinajstić information content (AvgIpc) is 2.70. The largest absolute Gasteiger partial charge is 0.325 e. The molecule has 0 radical (unpaired) electrons. The van der Waals surface area contributed by atoms with Crippen molar-refractivity contribution in [2.24, 2.45) is 0 Å². The normalized spacial score (nSPS) is 10.1.